The Morgan fingerprint density at radius 2 is 0.634 bits per heavy atom. The Morgan fingerprint density at radius 1 is 0.304 bits per heavy atom. The van der Waals surface area contributed by atoms with Crippen LogP contribution < -0.4 is 21.3 Å². The number of aliphatic hydroxyl groups excluding tert-OH is 26. The first-order valence-corrected chi connectivity index (χ1v) is 35.6. The van der Waals surface area contributed by atoms with E-state index in [2.05, 4.69) is 21.3 Å². The van der Waals surface area contributed by atoms with E-state index in [1.165, 1.54) is 0 Å². The molecule has 8 heterocycles. The van der Waals surface area contributed by atoms with Gasteiger partial charge in [0.25, 0.3) is 0 Å². The summed E-state index contributed by atoms with van der Waals surface area (Å²) in [6.07, 6.45) is -85.6. The van der Waals surface area contributed by atoms with Crippen molar-refractivity contribution in [2.24, 2.45) is 0 Å². The highest BCUT2D eigenvalue weighted by Crippen LogP contribution is 2.40. The van der Waals surface area contributed by atoms with Crippen LogP contribution in [0.25, 0.3) is 0 Å². The van der Waals surface area contributed by atoms with Gasteiger partial charge in [-0.05, 0) is 0 Å². The number of rotatable bonds is 33. The van der Waals surface area contributed by atoms with E-state index in [1.807, 2.05) is 0 Å². The van der Waals surface area contributed by atoms with Crippen molar-refractivity contribution in [3.8, 4) is 0 Å². The first-order valence-electron chi connectivity index (χ1n) is 35.6. The lowest BCUT2D eigenvalue weighted by molar-refractivity contribution is -0.398. The molecular weight excluding hydrogens is 1540 g/mol. The van der Waals surface area contributed by atoms with Crippen LogP contribution in [0.4, 0.5) is 0 Å². The molecule has 0 aromatic carbocycles. The van der Waals surface area contributed by atoms with Crippen molar-refractivity contribution < 1.29 is 228 Å². The molecule has 30 N–H and O–H groups in total. The van der Waals surface area contributed by atoms with Crippen LogP contribution in [-0.2, 0) is 95.0 Å². The lowest BCUT2D eigenvalue weighted by Gasteiger charge is -2.51. The van der Waals surface area contributed by atoms with Crippen LogP contribution in [0.3, 0.4) is 0 Å². The van der Waals surface area contributed by atoms with Gasteiger partial charge in [0, 0.05) is 27.7 Å². The zero-order valence-electron chi connectivity index (χ0n) is 60.3. The molecule has 8 aliphatic heterocycles. The van der Waals surface area contributed by atoms with E-state index in [9.17, 15) is 152 Å². The maximum absolute atomic E-state index is 13.1. The van der Waals surface area contributed by atoms with Gasteiger partial charge in [-0.1, -0.05) is 0 Å². The summed E-state index contributed by atoms with van der Waals surface area (Å²) in [7, 11) is 0. The van der Waals surface area contributed by atoms with Crippen LogP contribution >= 0.6 is 0 Å². The molecule has 50 heteroatoms. The minimum absolute atomic E-state index is 0.816. The lowest BCUT2D eigenvalue weighted by atomic mass is 9.94. The first-order chi connectivity index (χ1) is 53.0. The highest BCUT2D eigenvalue weighted by Gasteiger charge is 2.61. The largest absolute Gasteiger partial charge is 0.394 e. The van der Waals surface area contributed by atoms with Gasteiger partial charge in [-0.25, -0.2) is 0 Å². The second-order valence-electron chi connectivity index (χ2n) is 27.9. The molecule has 8 rings (SSSR count). The molecule has 0 spiro atoms. The van der Waals surface area contributed by atoms with Gasteiger partial charge in [-0.15, -0.1) is 0 Å². The molecule has 0 aliphatic carbocycles. The molecule has 8 aliphatic rings. The molecule has 50 nitrogen and oxygen atoms in total. The summed E-state index contributed by atoms with van der Waals surface area (Å²) in [5.41, 5.74) is 0. The van der Waals surface area contributed by atoms with Crippen molar-refractivity contribution in [2.45, 2.75) is 298 Å². The topological polar surface area (TPSA) is 790 Å². The number of nitrogens with one attached hydrogen (secondary N) is 4. The SMILES string of the molecule is CC(=O)N[C@H]1[C@H](O[C@@H]([C@H](O)[C@H](CO)NC(C)=O)[C@H](O)CO)O[C@H](CO)[C@@H](O[C@@H]2O[C@H](CO[C@H]3O[C@H](CO)[C@@H](O)[C@H](O)[C@@H]3O[C@@H]3O[C@H](CO)[C@@H](O)[C@H](O[C@@H]4O[C@H](CO)[C@H](O)[C@H](O)[C@H]4O)[C@H]3NC(C)=O)[C@@H](O)[C@H](O[C@H]3O[C@H](CO)[C@@H](O)[C@H](O)[C@@H]3O[C@@H]3O[C@H](CO)[C@@H](O)[C@H](O[C@@H]4O[C@H](CO)[C@H](O)[C@H](O)[C@H]4O)[C@H]3NC(C)=O)[C@@H]2O)[C@@H]1O. The maximum atomic E-state index is 13.1. The quantitative estimate of drug-likeness (QED) is 0.0290. The number of aliphatic hydroxyl groups is 26. The van der Waals surface area contributed by atoms with Crippen molar-refractivity contribution >= 4 is 23.6 Å². The third-order valence-electron chi connectivity index (χ3n) is 20.0. The van der Waals surface area contributed by atoms with E-state index in [-0.39, 0.29) is 0 Å². The van der Waals surface area contributed by atoms with E-state index in [1.54, 1.807) is 0 Å². The van der Waals surface area contributed by atoms with E-state index >= 15 is 0 Å². The summed E-state index contributed by atoms with van der Waals surface area (Å²) in [6.45, 7) is -7.51. The van der Waals surface area contributed by atoms with Crippen molar-refractivity contribution in [1.29, 1.82) is 0 Å². The van der Waals surface area contributed by atoms with Crippen LogP contribution in [-0.4, -0.2) is 492 Å². The Hall–Kier alpha value is -3.80. The average Bonchev–Trinajstić information content (AvgIpc) is 0.776. The number of carbonyl (C=O) groups excluding carboxylic acids is 4. The minimum atomic E-state index is -2.61. The van der Waals surface area contributed by atoms with Gasteiger partial charge in [-0.3, -0.25) is 19.2 Å². The molecule has 44 atom stereocenters. The van der Waals surface area contributed by atoms with Crippen LogP contribution in [0.15, 0.2) is 0 Å². The van der Waals surface area contributed by atoms with Crippen molar-refractivity contribution in [1.82, 2.24) is 21.3 Å². The van der Waals surface area contributed by atoms with Gasteiger partial charge < -0.3 is 230 Å². The number of carbonyl (C=O) groups is 4. The van der Waals surface area contributed by atoms with Gasteiger partial charge in [0.1, 0.15) is 213 Å². The van der Waals surface area contributed by atoms with Crippen molar-refractivity contribution in [3.63, 3.8) is 0 Å². The molecule has 8 saturated heterocycles. The highest BCUT2D eigenvalue weighted by atomic mass is 16.8. The number of hydrogen-bond acceptors (Lipinski definition) is 46. The number of amides is 4. The standard InChI is InChI=1S/C62H106N4O46/c1-15(76)63-19(5-67)32(81)48(20(80)6-68)106-55-29(64-16(2)77)40(89)49(27(13-75)104-55)107-60-47(96)52(110-62-54(44(93)36(85)24(10-72)103-62)112-57-31(66-18(4)79)51(38(87)26(12-74)99-57)109-59-46(95)42(91)34(83)22(8-70)101-59)39(88)28(105-60)14-97-61-53(43(92)35(84)23(9-71)102-61)111-56-30(65-17(3)78)50(37(86)25(11-73)98-56)108-58-45(94)41(90)33(82)21(7-69)100-58/h19-62,67-75,80-96H,5-14H2,1-4H3,(H,63,76)(H,64,77)(H,65,78)(H,66,79)/t19-,20+,21+,22+,23+,24+,25+,26+,27+,28+,29+,30+,31+,32+,33-,34-,35+,36+,37+,38+,39+,40+,41-,42-,43-,44-,45+,46+,47-,48+,49+,50+,51+,52-,53-,54-,55-,56-,57-,58-,59-,60-,61-,62+/m0/s1. The van der Waals surface area contributed by atoms with Gasteiger partial charge >= 0.3 is 0 Å². The monoisotopic (exact) mass is 1640 g/mol. The molecule has 0 saturated carbocycles. The van der Waals surface area contributed by atoms with Gasteiger partial charge in [0.15, 0.2) is 50.3 Å². The minimum Gasteiger partial charge on any atom is -0.394 e. The second-order valence-corrected chi connectivity index (χ2v) is 27.9. The number of ether oxygens (including phenoxy) is 16. The molecular formula is C62H106N4O46. The summed E-state index contributed by atoms with van der Waals surface area (Å²) in [6, 6.07) is -7.50. The Kier molecular flexibility index (Phi) is 34.9. The maximum Gasteiger partial charge on any atom is 0.217 e. The normalized spacial score (nSPS) is 45.9. The fourth-order valence-corrected chi connectivity index (χ4v) is 14.0. The molecule has 650 valence electrons. The van der Waals surface area contributed by atoms with E-state index in [0.717, 1.165) is 27.7 Å². The zero-order valence-corrected chi connectivity index (χ0v) is 60.3. The van der Waals surface area contributed by atoms with Gasteiger partial charge in [0.05, 0.1) is 72.1 Å². The summed E-state index contributed by atoms with van der Waals surface area (Å²) in [5.74, 6) is -3.73. The van der Waals surface area contributed by atoms with E-state index in [0.29, 0.717) is 0 Å². The Labute approximate surface area is 634 Å². The second kappa shape index (κ2) is 41.7. The average molecular weight is 1640 g/mol. The first kappa shape index (κ1) is 93.7. The third-order valence-corrected chi connectivity index (χ3v) is 20.0. The molecule has 0 unspecified atom stereocenters. The fourth-order valence-electron chi connectivity index (χ4n) is 14.0. The van der Waals surface area contributed by atoms with Crippen molar-refractivity contribution in [3.05, 3.63) is 0 Å². The molecule has 8 fully saturated rings. The molecule has 112 heavy (non-hydrogen) atoms. The molecule has 0 radical (unpaired) electrons. The summed E-state index contributed by atoms with van der Waals surface area (Å²) in [5, 5.41) is 296. The predicted molar refractivity (Wildman–Crippen MR) is 346 cm³/mol. The van der Waals surface area contributed by atoms with Crippen LogP contribution in [0.5, 0.6) is 0 Å². The van der Waals surface area contributed by atoms with Gasteiger partial charge in [0.2, 0.25) is 23.6 Å². The summed E-state index contributed by atoms with van der Waals surface area (Å²) < 4.78 is 95.2. The number of hydrogen-bond donors (Lipinski definition) is 30. The van der Waals surface area contributed by atoms with E-state index in [4.69, 9.17) is 75.8 Å². The third kappa shape index (κ3) is 21.2. The molecule has 4 amide bonds. The highest BCUT2D eigenvalue weighted by molar-refractivity contribution is 5.74. The Bertz CT molecular complexity index is 2920. The van der Waals surface area contributed by atoms with Crippen molar-refractivity contribution in [2.75, 3.05) is 66.1 Å². The van der Waals surface area contributed by atoms with Gasteiger partial charge in [-0.2, -0.15) is 0 Å². The zero-order chi connectivity index (χ0) is 82.9. The molecule has 0 aromatic heterocycles. The van der Waals surface area contributed by atoms with E-state index < -0.39 is 360 Å². The lowest BCUT2D eigenvalue weighted by Crippen LogP contribution is -2.70. The Balaban J connectivity index is 1.18. The predicted octanol–water partition coefficient (Wildman–Crippen LogP) is -20.4. The summed E-state index contributed by atoms with van der Waals surface area (Å²) >= 11 is 0. The molecule has 0 aromatic rings. The smallest absolute Gasteiger partial charge is 0.217 e. The van der Waals surface area contributed by atoms with Crippen LogP contribution in [0, 0.1) is 0 Å². The molecule has 0 bridgehead atoms. The van der Waals surface area contributed by atoms with Crippen LogP contribution in [0.2, 0.25) is 0 Å². The fraction of sp³-hybridized carbons (Fsp3) is 0.935. The van der Waals surface area contributed by atoms with Crippen LogP contribution in [0.1, 0.15) is 27.7 Å². The Morgan fingerprint density at radius 3 is 1.04 bits per heavy atom. The summed E-state index contributed by atoms with van der Waals surface area (Å²) in [4.78, 5) is 51.1.